The summed E-state index contributed by atoms with van der Waals surface area (Å²) in [4.78, 5) is 8.31. The second-order valence-electron chi connectivity index (χ2n) is 6.02. The highest BCUT2D eigenvalue weighted by Gasteiger charge is 2.22. The van der Waals surface area contributed by atoms with Gasteiger partial charge in [-0.3, -0.25) is 0 Å². The Morgan fingerprint density at radius 2 is 2.05 bits per heavy atom. The zero-order valence-corrected chi connectivity index (χ0v) is 13.1. The number of hydrogen-bond donors (Lipinski definition) is 1. The van der Waals surface area contributed by atoms with E-state index in [9.17, 15) is 5.11 Å². The van der Waals surface area contributed by atoms with Crippen molar-refractivity contribution in [2.45, 2.75) is 52.0 Å². The van der Waals surface area contributed by atoms with Gasteiger partial charge in [-0.05, 0) is 45.7 Å². The summed E-state index contributed by atoms with van der Waals surface area (Å²) in [5, 5.41) is 10.4. The minimum absolute atomic E-state index is 0.217. The van der Waals surface area contributed by atoms with E-state index in [0.717, 1.165) is 12.3 Å². The van der Waals surface area contributed by atoms with Crippen molar-refractivity contribution in [1.29, 1.82) is 0 Å². The molecule has 0 radical (unpaired) electrons. The molecule has 1 unspecified atom stereocenters. The fourth-order valence-corrected chi connectivity index (χ4v) is 3.73. The van der Waals surface area contributed by atoms with E-state index in [0.29, 0.717) is 6.04 Å². The number of aromatic nitrogens is 1. The van der Waals surface area contributed by atoms with Crippen LogP contribution in [0, 0.1) is 5.92 Å². The van der Waals surface area contributed by atoms with Gasteiger partial charge in [-0.25, -0.2) is 4.98 Å². The summed E-state index contributed by atoms with van der Waals surface area (Å²) in [5.41, 5.74) is 0. The van der Waals surface area contributed by atoms with Gasteiger partial charge in [0.1, 0.15) is 0 Å². The van der Waals surface area contributed by atoms with Crippen LogP contribution in [0.25, 0.3) is 0 Å². The number of aliphatic hydroxyl groups is 1. The number of likely N-dealkylation sites (tertiary alicyclic amines) is 1. The summed E-state index contributed by atoms with van der Waals surface area (Å²) in [6, 6.07) is 0.679. The van der Waals surface area contributed by atoms with Crippen molar-refractivity contribution in [3.63, 3.8) is 0 Å². The molecule has 1 aliphatic rings. The third-order valence-corrected chi connectivity index (χ3v) is 5.42. The molecule has 2 heterocycles. The lowest BCUT2D eigenvalue weighted by Gasteiger charge is -2.34. The van der Waals surface area contributed by atoms with Crippen LogP contribution in [-0.4, -0.2) is 40.7 Å². The van der Waals surface area contributed by atoms with Gasteiger partial charge in [-0.1, -0.05) is 6.92 Å². The van der Waals surface area contributed by atoms with E-state index in [2.05, 4.69) is 30.7 Å². The summed E-state index contributed by atoms with van der Waals surface area (Å²) in [5.74, 6) is 1.02. The predicted octanol–water partition coefficient (Wildman–Crippen LogP) is 2.90. The molecule has 108 valence electrons. The molecular weight excluding hydrogens is 256 g/mol. The van der Waals surface area contributed by atoms with Gasteiger partial charge < -0.3 is 10.0 Å². The first-order chi connectivity index (χ1) is 9.10. The first kappa shape index (κ1) is 14.9. The Labute approximate surface area is 120 Å². The average molecular weight is 282 g/mol. The molecule has 1 N–H and O–H groups in total. The molecule has 3 nitrogen and oxygen atoms in total. The second kappa shape index (κ2) is 6.82. The van der Waals surface area contributed by atoms with Gasteiger partial charge in [0.05, 0.1) is 11.6 Å². The highest BCUT2D eigenvalue weighted by atomic mass is 32.1. The molecule has 1 fully saturated rings. The Morgan fingerprint density at radius 3 is 2.63 bits per heavy atom. The highest BCUT2D eigenvalue weighted by Crippen LogP contribution is 2.27. The molecular formula is C15H26N2OS. The first-order valence-corrected chi connectivity index (χ1v) is 8.21. The normalized spacial score (nSPS) is 20.1. The van der Waals surface area contributed by atoms with Gasteiger partial charge in [0.15, 0.2) is 0 Å². The molecule has 19 heavy (non-hydrogen) atoms. The van der Waals surface area contributed by atoms with Gasteiger partial charge in [0.2, 0.25) is 0 Å². The molecule has 0 amide bonds. The molecule has 1 aromatic heterocycles. The number of aliphatic hydroxyl groups excluding tert-OH is 1. The second-order valence-corrected chi connectivity index (χ2v) is 7.16. The van der Waals surface area contributed by atoms with Crippen molar-refractivity contribution in [1.82, 2.24) is 9.88 Å². The van der Waals surface area contributed by atoms with E-state index >= 15 is 0 Å². The maximum atomic E-state index is 9.17. The topological polar surface area (TPSA) is 36.4 Å². The maximum Gasteiger partial charge on any atom is 0.0930 e. The number of rotatable bonds is 5. The largest absolute Gasteiger partial charge is 0.396 e. The lowest BCUT2D eigenvalue weighted by molar-refractivity contribution is 0.149. The van der Waals surface area contributed by atoms with Crippen LogP contribution < -0.4 is 0 Å². The van der Waals surface area contributed by atoms with Crippen molar-refractivity contribution < 1.29 is 5.11 Å². The Balaban J connectivity index is 1.84. The SMILES string of the molecule is CC(CO)c1cnc(CC2CCN(C(C)C)CC2)s1. The van der Waals surface area contributed by atoms with Gasteiger partial charge in [0.25, 0.3) is 0 Å². The van der Waals surface area contributed by atoms with Crippen molar-refractivity contribution in [3.05, 3.63) is 16.1 Å². The predicted molar refractivity (Wildman–Crippen MR) is 80.8 cm³/mol. The summed E-state index contributed by atoms with van der Waals surface area (Å²) in [7, 11) is 0. The Bertz CT molecular complexity index is 383. The standard InChI is InChI=1S/C15H26N2OS/c1-11(2)17-6-4-13(5-7-17)8-15-16-9-14(19-15)12(3)10-18/h9,11-13,18H,4-8,10H2,1-3H3. The minimum Gasteiger partial charge on any atom is -0.396 e. The van der Waals surface area contributed by atoms with E-state index in [4.69, 9.17) is 0 Å². The molecule has 1 aromatic rings. The molecule has 0 aromatic carbocycles. The molecule has 1 atom stereocenters. The van der Waals surface area contributed by atoms with Crippen molar-refractivity contribution >= 4 is 11.3 Å². The fourth-order valence-electron chi connectivity index (χ4n) is 2.66. The summed E-state index contributed by atoms with van der Waals surface area (Å²) in [6.07, 6.45) is 5.66. The summed E-state index contributed by atoms with van der Waals surface area (Å²) >= 11 is 1.78. The zero-order valence-electron chi connectivity index (χ0n) is 12.3. The van der Waals surface area contributed by atoms with E-state index in [1.807, 2.05) is 6.20 Å². The fraction of sp³-hybridized carbons (Fsp3) is 0.800. The molecule has 4 heteroatoms. The van der Waals surface area contributed by atoms with Crippen LogP contribution in [0.5, 0.6) is 0 Å². The van der Waals surface area contributed by atoms with Crippen LogP contribution in [0.2, 0.25) is 0 Å². The molecule has 0 bridgehead atoms. The third-order valence-electron chi connectivity index (χ3n) is 4.17. The monoisotopic (exact) mass is 282 g/mol. The molecule has 1 saturated heterocycles. The maximum absolute atomic E-state index is 9.17. The number of piperidine rings is 1. The van der Waals surface area contributed by atoms with Gasteiger partial charge >= 0.3 is 0 Å². The summed E-state index contributed by atoms with van der Waals surface area (Å²) in [6.45, 7) is 9.29. The van der Waals surface area contributed by atoms with E-state index < -0.39 is 0 Å². The number of nitrogens with zero attached hydrogens (tertiary/aromatic N) is 2. The van der Waals surface area contributed by atoms with Gasteiger partial charge in [-0.15, -0.1) is 11.3 Å². The molecule has 0 saturated carbocycles. The van der Waals surface area contributed by atoms with Crippen molar-refractivity contribution in [2.75, 3.05) is 19.7 Å². The van der Waals surface area contributed by atoms with Crippen LogP contribution in [-0.2, 0) is 6.42 Å². The zero-order chi connectivity index (χ0) is 13.8. The Morgan fingerprint density at radius 1 is 1.37 bits per heavy atom. The van der Waals surface area contributed by atoms with Crippen LogP contribution in [0.1, 0.15) is 49.4 Å². The lowest BCUT2D eigenvalue weighted by atomic mass is 9.93. The number of hydrogen-bond acceptors (Lipinski definition) is 4. The van der Waals surface area contributed by atoms with Crippen molar-refractivity contribution in [2.24, 2.45) is 5.92 Å². The molecule has 0 spiro atoms. The first-order valence-electron chi connectivity index (χ1n) is 7.39. The quantitative estimate of drug-likeness (QED) is 0.902. The lowest BCUT2D eigenvalue weighted by Crippen LogP contribution is -2.38. The number of thiazole rings is 1. The van der Waals surface area contributed by atoms with Crippen LogP contribution in [0.4, 0.5) is 0 Å². The smallest absolute Gasteiger partial charge is 0.0930 e. The average Bonchev–Trinajstić information content (AvgIpc) is 2.87. The van der Waals surface area contributed by atoms with Crippen LogP contribution in [0.3, 0.4) is 0 Å². The van der Waals surface area contributed by atoms with E-state index in [1.165, 1.54) is 35.8 Å². The van der Waals surface area contributed by atoms with Crippen LogP contribution in [0.15, 0.2) is 6.20 Å². The minimum atomic E-state index is 0.217. The Kier molecular flexibility index (Phi) is 5.37. The summed E-state index contributed by atoms with van der Waals surface area (Å²) < 4.78 is 0. The van der Waals surface area contributed by atoms with Crippen LogP contribution >= 0.6 is 11.3 Å². The molecule has 0 aliphatic carbocycles. The third kappa shape index (κ3) is 4.01. The van der Waals surface area contributed by atoms with E-state index in [-0.39, 0.29) is 12.5 Å². The molecule has 1 aliphatic heterocycles. The van der Waals surface area contributed by atoms with E-state index in [1.54, 1.807) is 11.3 Å². The van der Waals surface area contributed by atoms with Gasteiger partial charge in [0, 0.05) is 29.5 Å². The molecule has 2 rings (SSSR count). The van der Waals surface area contributed by atoms with Gasteiger partial charge in [-0.2, -0.15) is 0 Å². The van der Waals surface area contributed by atoms with Crippen molar-refractivity contribution in [3.8, 4) is 0 Å². The Hall–Kier alpha value is -0.450. The highest BCUT2D eigenvalue weighted by molar-refractivity contribution is 7.11.